The number of carbonyl (C=O) groups is 2. The molecule has 8 nitrogen and oxygen atoms in total. The highest BCUT2D eigenvalue weighted by Gasteiger charge is 2.26. The number of amides is 2. The molecule has 2 rings (SSSR count). The van der Waals surface area contributed by atoms with Gasteiger partial charge in [-0.15, -0.1) is 0 Å². The highest BCUT2D eigenvalue weighted by atomic mass is 32.2. The van der Waals surface area contributed by atoms with Crippen LogP contribution in [0.3, 0.4) is 0 Å². The SMILES string of the molecule is N=C1N=C(SCCO)NC(=O)C1=NC(=O)c1ccco1. The first-order valence-corrected chi connectivity index (χ1v) is 6.49. The van der Waals surface area contributed by atoms with E-state index >= 15 is 0 Å². The predicted molar refractivity (Wildman–Crippen MR) is 73.3 cm³/mol. The fourth-order valence-electron chi connectivity index (χ4n) is 1.32. The molecule has 0 aliphatic carbocycles. The van der Waals surface area contributed by atoms with Crippen molar-refractivity contribution in [3.05, 3.63) is 24.2 Å². The summed E-state index contributed by atoms with van der Waals surface area (Å²) < 4.78 is 4.86. The van der Waals surface area contributed by atoms with Crippen LogP contribution in [0.4, 0.5) is 0 Å². The Morgan fingerprint density at radius 1 is 1.60 bits per heavy atom. The lowest BCUT2D eigenvalue weighted by atomic mass is 10.3. The zero-order chi connectivity index (χ0) is 14.5. The van der Waals surface area contributed by atoms with Gasteiger partial charge in [0.1, 0.15) is 0 Å². The van der Waals surface area contributed by atoms with Gasteiger partial charge in [0.2, 0.25) is 0 Å². The van der Waals surface area contributed by atoms with Gasteiger partial charge in [0.25, 0.3) is 5.91 Å². The van der Waals surface area contributed by atoms with E-state index in [0.29, 0.717) is 5.75 Å². The number of carbonyl (C=O) groups excluding carboxylic acids is 2. The lowest BCUT2D eigenvalue weighted by Gasteiger charge is -2.14. The molecular weight excluding hydrogens is 284 g/mol. The van der Waals surface area contributed by atoms with Crippen LogP contribution in [-0.4, -0.2) is 46.0 Å². The van der Waals surface area contributed by atoms with Crippen molar-refractivity contribution < 1.29 is 19.1 Å². The minimum atomic E-state index is -0.758. The number of furan rings is 1. The van der Waals surface area contributed by atoms with Crippen LogP contribution in [0, 0.1) is 5.41 Å². The van der Waals surface area contributed by atoms with E-state index in [4.69, 9.17) is 14.9 Å². The van der Waals surface area contributed by atoms with Gasteiger partial charge in [0.15, 0.2) is 22.5 Å². The van der Waals surface area contributed by atoms with Crippen molar-refractivity contribution in [2.24, 2.45) is 9.98 Å². The van der Waals surface area contributed by atoms with Crippen molar-refractivity contribution >= 4 is 40.3 Å². The number of rotatable bonds is 3. The van der Waals surface area contributed by atoms with Gasteiger partial charge in [0, 0.05) is 5.75 Å². The number of amidine groups is 2. The van der Waals surface area contributed by atoms with Crippen LogP contribution in [0.2, 0.25) is 0 Å². The zero-order valence-corrected chi connectivity index (χ0v) is 10.9. The number of nitrogens with one attached hydrogen (secondary N) is 2. The standard InChI is InChI=1S/C11H10N4O4S/c12-8-7(13-9(17)6-2-1-4-19-6)10(18)15-11(14-8)20-5-3-16/h1-2,4,16H,3,5H2,(H2,12,14,15,18). The second-order valence-corrected chi connectivity index (χ2v) is 4.62. The maximum atomic E-state index is 11.8. The summed E-state index contributed by atoms with van der Waals surface area (Å²) in [7, 11) is 0. The zero-order valence-electron chi connectivity index (χ0n) is 10.1. The molecule has 0 saturated carbocycles. The van der Waals surface area contributed by atoms with Crippen molar-refractivity contribution in [2.45, 2.75) is 0 Å². The van der Waals surface area contributed by atoms with E-state index < -0.39 is 17.6 Å². The van der Waals surface area contributed by atoms with Gasteiger partial charge in [-0.05, 0) is 12.1 Å². The molecule has 1 aromatic rings. The van der Waals surface area contributed by atoms with Gasteiger partial charge in [-0.2, -0.15) is 4.99 Å². The molecule has 0 radical (unpaired) electrons. The Morgan fingerprint density at radius 3 is 3.00 bits per heavy atom. The Hall–Kier alpha value is -2.26. The first-order valence-electron chi connectivity index (χ1n) is 5.51. The van der Waals surface area contributed by atoms with E-state index in [1.54, 1.807) is 0 Å². The quantitative estimate of drug-likeness (QED) is 0.725. The van der Waals surface area contributed by atoms with Crippen LogP contribution in [0.1, 0.15) is 10.6 Å². The summed E-state index contributed by atoms with van der Waals surface area (Å²) in [5.41, 5.74) is -0.375. The van der Waals surface area contributed by atoms with Gasteiger partial charge >= 0.3 is 5.91 Å². The predicted octanol–water partition coefficient (Wildman–Crippen LogP) is 0.0494. The smallest absolute Gasteiger partial charge is 0.313 e. The maximum absolute atomic E-state index is 11.8. The lowest BCUT2D eigenvalue weighted by molar-refractivity contribution is -0.113. The number of hydrogen-bond acceptors (Lipinski definition) is 6. The third-order valence-corrected chi connectivity index (χ3v) is 3.00. The fraction of sp³-hybridized carbons (Fsp3) is 0.182. The Bertz CT molecular complexity index is 606. The van der Waals surface area contributed by atoms with Gasteiger partial charge in [-0.3, -0.25) is 20.3 Å². The van der Waals surface area contributed by atoms with Crippen molar-refractivity contribution in [1.82, 2.24) is 5.32 Å². The van der Waals surface area contributed by atoms with Crippen LogP contribution in [0.25, 0.3) is 0 Å². The Morgan fingerprint density at radius 2 is 2.40 bits per heavy atom. The lowest BCUT2D eigenvalue weighted by Crippen LogP contribution is -2.43. The second kappa shape index (κ2) is 6.26. The normalized spacial score (nSPS) is 17.1. The number of aliphatic hydroxyl groups is 1. The molecule has 0 unspecified atom stereocenters. The molecule has 1 aliphatic rings. The molecule has 0 saturated heterocycles. The molecule has 2 amide bonds. The summed E-state index contributed by atoms with van der Waals surface area (Å²) in [6.45, 7) is -0.0786. The topological polar surface area (TPSA) is 128 Å². The first kappa shape index (κ1) is 14.2. The maximum Gasteiger partial charge on any atom is 0.313 e. The van der Waals surface area contributed by atoms with Crippen molar-refractivity contribution in [1.29, 1.82) is 5.41 Å². The summed E-state index contributed by atoms with van der Waals surface area (Å²) in [6, 6.07) is 2.92. The van der Waals surface area contributed by atoms with Crippen LogP contribution < -0.4 is 5.32 Å². The molecule has 3 N–H and O–H groups in total. The minimum Gasteiger partial charge on any atom is -0.459 e. The molecule has 0 atom stereocenters. The van der Waals surface area contributed by atoms with Gasteiger partial charge < -0.3 is 9.52 Å². The third kappa shape index (κ3) is 3.19. The first-order chi connectivity index (χ1) is 9.61. The largest absolute Gasteiger partial charge is 0.459 e. The molecule has 104 valence electrons. The van der Waals surface area contributed by atoms with Gasteiger partial charge in [-0.1, -0.05) is 11.8 Å². The van der Waals surface area contributed by atoms with Gasteiger partial charge in [-0.25, -0.2) is 4.99 Å². The average Bonchev–Trinajstić information content (AvgIpc) is 2.94. The van der Waals surface area contributed by atoms with Crippen LogP contribution in [0.15, 0.2) is 32.8 Å². The van der Waals surface area contributed by atoms with Crippen LogP contribution >= 0.6 is 11.8 Å². The number of hydrogen-bond donors (Lipinski definition) is 3. The molecule has 0 bridgehead atoms. The average molecular weight is 294 g/mol. The monoisotopic (exact) mass is 294 g/mol. The molecule has 9 heteroatoms. The third-order valence-electron chi connectivity index (χ3n) is 2.15. The van der Waals surface area contributed by atoms with E-state index in [9.17, 15) is 9.59 Å². The number of aliphatic hydroxyl groups excluding tert-OH is 1. The molecular formula is C11H10N4O4S. The summed E-state index contributed by atoms with van der Waals surface area (Å²) in [6.07, 6.45) is 1.31. The number of thioether (sulfide) groups is 1. The molecule has 20 heavy (non-hydrogen) atoms. The van der Waals surface area contributed by atoms with Gasteiger partial charge in [0.05, 0.1) is 12.9 Å². The van der Waals surface area contributed by atoms with E-state index in [-0.39, 0.29) is 23.2 Å². The van der Waals surface area contributed by atoms with E-state index in [1.165, 1.54) is 18.4 Å². The molecule has 1 aromatic heterocycles. The second-order valence-electron chi connectivity index (χ2n) is 3.53. The van der Waals surface area contributed by atoms with E-state index in [1.807, 2.05) is 0 Å². The highest BCUT2D eigenvalue weighted by Crippen LogP contribution is 2.08. The molecule has 0 fully saturated rings. The Kier molecular flexibility index (Phi) is 4.43. The fourth-order valence-corrected chi connectivity index (χ4v) is 1.92. The van der Waals surface area contributed by atoms with Crippen LogP contribution in [0.5, 0.6) is 0 Å². The van der Waals surface area contributed by atoms with E-state index in [2.05, 4.69) is 15.3 Å². The summed E-state index contributed by atoms with van der Waals surface area (Å²) >= 11 is 1.09. The Labute approximate surface area is 117 Å². The Balaban J connectivity index is 2.17. The van der Waals surface area contributed by atoms with Crippen molar-refractivity contribution in [3.63, 3.8) is 0 Å². The van der Waals surface area contributed by atoms with Crippen LogP contribution in [-0.2, 0) is 4.79 Å². The number of nitrogens with zero attached hydrogens (tertiary/aromatic N) is 2. The molecule has 1 aliphatic heterocycles. The molecule has 0 aromatic carbocycles. The summed E-state index contributed by atoms with van der Waals surface area (Å²) in [5.74, 6) is -1.54. The van der Waals surface area contributed by atoms with Crippen molar-refractivity contribution in [3.8, 4) is 0 Å². The van der Waals surface area contributed by atoms with Crippen molar-refractivity contribution in [2.75, 3.05) is 12.4 Å². The highest BCUT2D eigenvalue weighted by molar-refractivity contribution is 8.13. The summed E-state index contributed by atoms with van der Waals surface area (Å²) in [4.78, 5) is 30.8. The molecule has 0 spiro atoms. The number of aliphatic imine (C=N–C) groups is 2. The summed E-state index contributed by atoms with van der Waals surface area (Å²) in [5, 5.41) is 18.9. The van der Waals surface area contributed by atoms with E-state index in [0.717, 1.165) is 11.8 Å². The minimum absolute atomic E-state index is 0.0254. The molecule has 2 heterocycles.